The number of guanidine groups is 1. The monoisotopic (exact) mass is 671 g/mol. The van der Waals surface area contributed by atoms with Gasteiger partial charge in [-0.1, -0.05) is 48.6 Å². The summed E-state index contributed by atoms with van der Waals surface area (Å²) in [7, 11) is 3.34. The highest BCUT2D eigenvalue weighted by Crippen LogP contribution is 2.22. The molecule has 0 atom stereocenters. The minimum atomic E-state index is 0.0470. The van der Waals surface area contributed by atoms with Crippen molar-refractivity contribution in [1.82, 2.24) is 0 Å². The lowest BCUT2D eigenvalue weighted by atomic mass is 10.0. The van der Waals surface area contributed by atoms with Gasteiger partial charge in [-0.3, -0.25) is 4.99 Å². The van der Waals surface area contributed by atoms with Crippen molar-refractivity contribution in [2.24, 2.45) is 16.5 Å². The molecule has 0 fully saturated rings. The Morgan fingerprint density at radius 3 is 1.76 bits per heavy atom. The van der Waals surface area contributed by atoms with Gasteiger partial charge in [-0.25, -0.2) is 0 Å². The van der Waals surface area contributed by atoms with Gasteiger partial charge in [0.25, 0.3) is 0 Å². The Morgan fingerprint density at radius 1 is 0.673 bits per heavy atom. The van der Waals surface area contributed by atoms with Crippen LogP contribution < -0.4 is 21.1 Å². The highest BCUT2D eigenvalue weighted by atomic mass is 16.5. The van der Waals surface area contributed by atoms with Crippen LogP contribution in [0.4, 0.5) is 5.69 Å². The molecule has 11 heteroatoms. The third-order valence-electron chi connectivity index (χ3n) is 7.16. The van der Waals surface area contributed by atoms with E-state index in [1.807, 2.05) is 54.6 Å². The maximum atomic E-state index is 9.83. The van der Waals surface area contributed by atoms with Crippen molar-refractivity contribution in [2.75, 3.05) is 98.2 Å². The average Bonchev–Trinajstić information content (AvgIpc) is 3.12. The van der Waals surface area contributed by atoms with E-state index < -0.39 is 0 Å². The van der Waals surface area contributed by atoms with Crippen LogP contribution in [0.5, 0.6) is 5.75 Å². The Labute approximate surface area is 290 Å². The fourth-order valence-electron chi connectivity index (χ4n) is 4.54. The Balaban J connectivity index is 1.53. The van der Waals surface area contributed by atoms with E-state index in [0.717, 1.165) is 41.0 Å². The summed E-state index contributed by atoms with van der Waals surface area (Å²) in [6.45, 7) is 6.65. The van der Waals surface area contributed by atoms with Gasteiger partial charge >= 0.3 is 0 Å². The summed E-state index contributed by atoms with van der Waals surface area (Å²) in [5.41, 5.74) is 16.1. The average molecular weight is 672 g/mol. The number of ether oxygens (including phenoxy) is 6. The topological polar surface area (TPSA) is 147 Å². The van der Waals surface area contributed by atoms with Gasteiger partial charge in [0.15, 0.2) is 5.96 Å². The molecule has 0 amide bonds. The van der Waals surface area contributed by atoms with Crippen molar-refractivity contribution < 1.29 is 28.4 Å². The molecule has 0 unspecified atom stereocenters. The second kappa shape index (κ2) is 23.6. The highest BCUT2D eigenvalue weighted by Gasteiger charge is 2.07. The zero-order valence-corrected chi connectivity index (χ0v) is 28.6. The second-order valence-electron chi connectivity index (χ2n) is 10.8. The molecular formula is C38H49N5O6. The second-order valence-corrected chi connectivity index (χ2v) is 10.8. The summed E-state index contributed by atoms with van der Waals surface area (Å²) in [5.74, 6) is 0.745. The summed E-state index contributed by atoms with van der Waals surface area (Å²) in [5, 5.41) is 9.83. The molecule has 0 aliphatic carbocycles. The van der Waals surface area contributed by atoms with Crippen molar-refractivity contribution in [3.8, 4) is 11.8 Å². The number of benzene rings is 3. The number of anilines is 1. The van der Waals surface area contributed by atoms with Crippen molar-refractivity contribution in [3.63, 3.8) is 0 Å². The van der Waals surface area contributed by atoms with Crippen LogP contribution in [0.3, 0.4) is 0 Å². The van der Waals surface area contributed by atoms with Gasteiger partial charge in [0.05, 0.1) is 71.0 Å². The molecule has 0 saturated heterocycles. The minimum absolute atomic E-state index is 0.0470. The smallest absolute Gasteiger partial charge is 0.185 e. The summed E-state index contributed by atoms with van der Waals surface area (Å²) in [4.78, 5) is 6.12. The van der Waals surface area contributed by atoms with Gasteiger partial charge in [-0.2, -0.15) is 5.26 Å². The van der Waals surface area contributed by atoms with Crippen LogP contribution in [0.25, 0.3) is 23.8 Å². The first-order chi connectivity index (χ1) is 24.0. The quantitative estimate of drug-likeness (QED) is 0.0451. The zero-order chi connectivity index (χ0) is 34.9. The predicted octanol–water partition coefficient (Wildman–Crippen LogP) is 4.72. The number of nitrogens with two attached hydrogens (primary N) is 2. The maximum Gasteiger partial charge on any atom is 0.185 e. The first kappa shape index (κ1) is 38.7. The molecule has 0 radical (unpaired) electrons. The van der Waals surface area contributed by atoms with Gasteiger partial charge in [-0.05, 0) is 64.7 Å². The molecule has 3 rings (SSSR count). The standard InChI is InChI=1S/C38H49N5O6/c1-44-23-25-47-21-18-43(19-22-48-26-24-45-2)36-13-9-32(10-14-36)4-3-31-5-7-33(8-6-31)29-35(30-39)34-11-15-37(16-12-34)49-28-27-46-20-17-42-38(40)41/h3-16,29H,17-28H2,1-2H3,(H4,40,41,42)/b4-3+,35-29+. The van der Waals surface area contributed by atoms with Crippen LogP contribution in [0.15, 0.2) is 77.8 Å². The van der Waals surface area contributed by atoms with Gasteiger partial charge in [-0.15, -0.1) is 0 Å². The van der Waals surface area contributed by atoms with Crippen LogP contribution >= 0.6 is 0 Å². The first-order valence-corrected chi connectivity index (χ1v) is 16.3. The van der Waals surface area contributed by atoms with Crippen molar-refractivity contribution >= 4 is 35.4 Å². The number of hydrogen-bond acceptors (Lipinski definition) is 9. The molecule has 0 spiro atoms. The number of nitrogens with zero attached hydrogens (tertiary/aromatic N) is 3. The number of aliphatic imine (C=N–C) groups is 1. The molecule has 0 bridgehead atoms. The van der Waals surface area contributed by atoms with Crippen LogP contribution in [-0.2, 0) is 23.7 Å². The van der Waals surface area contributed by atoms with E-state index in [4.69, 9.17) is 39.9 Å². The number of rotatable bonds is 24. The minimum Gasteiger partial charge on any atom is -0.491 e. The Kier molecular flexibility index (Phi) is 18.7. The molecule has 0 aromatic heterocycles. The lowest BCUT2D eigenvalue weighted by Gasteiger charge is -2.25. The molecule has 3 aromatic rings. The maximum absolute atomic E-state index is 9.83. The van der Waals surface area contributed by atoms with E-state index in [1.165, 1.54) is 0 Å². The van der Waals surface area contributed by atoms with Crippen LogP contribution in [0, 0.1) is 11.3 Å². The molecule has 49 heavy (non-hydrogen) atoms. The normalized spacial score (nSPS) is 11.4. The number of methoxy groups -OCH3 is 2. The zero-order valence-electron chi connectivity index (χ0n) is 28.6. The molecule has 0 saturated carbocycles. The first-order valence-electron chi connectivity index (χ1n) is 16.3. The van der Waals surface area contributed by atoms with Crippen molar-refractivity contribution in [1.29, 1.82) is 5.26 Å². The van der Waals surface area contributed by atoms with E-state index in [9.17, 15) is 5.26 Å². The van der Waals surface area contributed by atoms with E-state index in [1.54, 1.807) is 14.2 Å². The van der Waals surface area contributed by atoms with Crippen molar-refractivity contribution in [3.05, 3.63) is 95.1 Å². The van der Waals surface area contributed by atoms with Gasteiger partial charge in [0.1, 0.15) is 12.4 Å². The van der Waals surface area contributed by atoms with Crippen LogP contribution in [-0.4, -0.2) is 99.3 Å². The molecule has 3 aromatic carbocycles. The third-order valence-corrected chi connectivity index (χ3v) is 7.16. The van der Waals surface area contributed by atoms with E-state index in [-0.39, 0.29) is 5.96 Å². The van der Waals surface area contributed by atoms with E-state index >= 15 is 0 Å². The molecular weight excluding hydrogens is 622 g/mol. The fraction of sp³-hybridized carbons (Fsp3) is 0.368. The fourth-order valence-corrected chi connectivity index (χ4v) is 4.54. The van der Waals surface area contributed by atoms with E-state index in [0.29, 0.717) is 77.3 Å². The molecule has 11 nitrogen and oxygen atoms in total. The molecule has 0 heterocycles. The lowest BCUT2D eigenvalue weighted by molar-refractivity contribution is 0.0677. The van der Waals surface area contributed by atoms with Gasteiger partial charge < -0.3 is 44.8 Å². The number of hydrogen-bond donors (Lipinski definition) is 2. The summed E-state index contributed by atoms with van der Waals surface area (Å²) < 4.78 is 32.7. The largest absolute Gasteiger partial charge is 0.491 e. The number of nitriles is 1. The SMILES string of the molecule is COCCOCCN(CCOCCOC)c1ccc(/C=C/c2ccc(/C=C(\C#N)c3ccc(OCCOCCN=C(N)N)cc3)cc2)cc1. The van der Waals surface area contributed by atoms with Gasteiger partial charge in [0, 0.05) is 33.0 Å². The summed E-state index contributed by atoms with van der Waals surface area (Å²) in [6, 6.07) is 26.3. The molecule has 4 N–H and O–H groups in total. The number of allylic oxidation sites excluding steroid dienone is 1. The van der Waals surface area contributed by atoms with Crippen LogP contribution in [0.2, 0.25) is 0 Å². The molecule has 0 aliphatic rings. The van der Waals surface area contributed by atoms with Crippen LogP contribution in [0.1, 0.15) is 22.3 Å². The highest BCUT2D eigenvalue weighted by molar-refractivity contribution is 5.89. The molecule has 262 valence electrons. The predicted molar refractivity (Wildman–Crippen MR) is 196 cm³/mol. The van der Waals surface area contributed by atoms with Crippen molar-refractivity contribution in [2.45, 2.75) is 0 Å². The van der Waals surface area contributed by atoms with Gasteiger partial charge in [0.2, 0.25) is 0 Å². The molecule has 0 aliphatic heterocycles. The summed E-state index contributed by atoms with van der Waals surface area (Å²) in [6.07, 6.45) is 6.04. The van der Waals surface area contributed by atoms with E-state index in [2.05, 4.69) is 52.4 Å². The lowest BCUT2D eigenvalue weighted by Crippen LogP contribution is -2.31. The summed E-state index contributed by atoms with van der Waals surface area (Å²) >= 11 is 0. The third kappa shape index (κ3) is 15.8. The Bertz CT molecular complexity index is 1450. The Hall–Kier alpha value is -4.70. The Morgan fingerprint density at radius 2 is 1.20 bits per heavy atom.